The molecule has 3 aliphatic heterocycles. The summed E-state index contributed by atoms with van der Waals surface area (Å²) in [6.07, 6.45) is 0.300. The number of rotatable bonds is 28. The molecular weight excluding hydrogens is 1550 g/mol. The molecule has 622 valence electrons. The first-order valence-corrected chi connectivity index (χ1v) is 38.7. The zero-order valence-corrected chi connectivity index (χ0v) is 62.5. The Morgan fingerprint density at radius 2 is 0.816 bits per heavy atom. The molecule has 7 N–H and O–H groups in total. The van der Waals surface area contributed by atoms with Gasteiger partial charge in [-0.15, -0.1) is 39.5 Å². The summed E-state index contributed by atoms with van der Waals surface area (Å²) in [5, 5.41) is 54.8. The van der Waals surface area contributed by atoms with Gasteiger partial charge in [0.15, 0.2) is 0 Å². The van der Waals surface area contributed by atoms with E-state index in [0.717, 1.165) is 102 Å². The van der Waals surface area contributed by atoms with Crippen molar-refractivity contribution >= 4 is 68.3 Å². The smallest absolute Gasteiger partial charge is 0.405 e. The van der Waals surface area contributed by atoms with E-state index in [1.165, 1.54) is 65.2 Å². The zero-order chi connectivity index (χ0) is 82.0. The third-order valence-corrected chi connectivity index (χ3v) is 21.8. The average molecular weight is 1640 g/mol. The first kappa shape index (κ1) is 86.2. The van der Waals surface area contributed by atoms with Crippen molar-refractivity contribution in [2.24, 2.45) is 17.8 Å². The second-order valence-corrected chi connectivity index (χ2v) is 30.3. The number of carbonyl (C=O) groups excluding carboxylic acids is 1. The summed E-state index contributed by atoms with van der Waals surface area (Å²) in [5.41, 5.74) is -0.295. The highest BCUT2D eigenvalue weighted by molar-refractivity contribution is 7.88. The highest BCUT2D eigenvalue weighted by Crippen LogP contribution is 2.38. The number of anilines is 6. The molecule has 6 fully saturated rings. The molecule has 0 bridgehead atoms. The van der Waals surface area contributed by atoms with Crippen molar-refractivity contribution in [2.45, 2.75) is 146 Å². The average Bonchev–Trinajstić information content (AvgIpc) is 1.08. The van der Waals surface area contributed by atoms with Gasteiger partial charge in [0.2, 0.25) is 51.2 Å². The van der Waals surface area contributed by atoms with Crippen molar-refractivity contribution in [2.75, 3.05) is 117 Å². The van der Waals surface area contributed by atoms with Crippen LogP contribution in [0.1, 0.15) is 100 Å². The maximum Gasteiger partial charge on any atom is 0.573 e. The van der Waals surface area contributed by atoms with Gasteiger partial charge >= 0.3 is 36.1 Å². The number of para-hydroxylation sites is 3. The van der Waals surface area contributed by atoms with Gasteiger partial charge in [0.1, 0.15) is 35.8 Å². The number of benzene rings is 3. The molecule has 6 aromatic rings. The number of nitrogens with zero attached hydrogens (tertiary/aromatic N) is 13. The lowest BCUT2D eigenvalue weighted by Gasteiger charge is -2.41. The van der Waals surface area contributed by atoms with Crippen LogP contribution in [0.3, 0.4) is 0 Å². The first-order valence-electron chi connectivity index (χ1n) is 36.9. The van der Waals surface area contributed by atoms with E-state index in [9.17, 15) is 91.8 Å². The predicted molar refractivity (Wildman–Crippen MR) is 394 cm³/mol. The number of ether oxygens (including phenoxy) is 3. The van der Waals surface area contributed by atoms with Crippen molar-refractivity contribution in [3.63, 3.8) is 0 Å². The normalized spacial score (nSPS) is 21.2. The molecule has 114 heavy (non-hydrogen) atoms. The third-order valence-electron chi connectivity index (χ3n) is 20.5. The number of nitro groups is 3. The van der Waals surface area contributed by atoms with Gasteiger partial charge in [-0.3, -0.25) is 49.8 Å². The molecule has 3 aliphatic carbocycles. The van der Waals surface area contributed by atoms with Crippen LogP contribution in [0.4, 0.5) is 101 Å². The van der Waals surface area contributed by atoms with Crippen LogP contribution in [0, 0.1) is 48.1 Å². The molecule has 12 rings (SSSR count). The maximum absolute atomic E-state index is 13.5. The van der Waals surface area contributed by atoms with E-state index in [2.05, 4.69) is 91.1 Å². The molecule has 1 amide bonds. The second-order valence-electron chi connectivity index (χ2n) is 28.3. The largest absolute Gasteiger partial charge is 0.573 e. The Kier molecular flexibility index (Phi) is 29.3. The van der Waals surface area contributed by atoms with Gasteiger partial charge in [-0.25, -0.2) is 32.2 Å². The van der Waals surface area contributed by atoms with E-state index in [-0.39, 0.29) is 149 Å². The molecule has 3 aromatic heterocycles. The maximum atomic E-state index is 13.5. The predicted octanol–water partition coefficient (Wildman–Crippen LogP) is 11.9. The summed E-state index contributed by atoms with van der Waals surface area (Å²) in [7, 11) is -3.17. The standard InChI is InChI=1S/C24H32F3N7O5S.C23H27F5N6O3.C23H28F3N7O4/c1-40(37,38)33-12-10-32(11-13-33)19-8-6-17(7-9-19)14-28-22-20(34(35)36)16-30-23(31-22)29-15-18-4-2-3-5-21(18)39-24(25,26)27;24-22(25)9-10-33(14-22)17-7-5-15(6-8-17)11-29-20-18(34(35)36)13-31-21(32-20)30-12-16-3-1-2-4-19(16)37-23(26,27)28;24-23(25,26)37-19-4-2-1-3-16(19)12-29-22-30-13-18(33(35)36)21(31-22)28-11-15-5-7-17(8-6-15)32-10-9-27-20(34)14-32/h2-5,16-17,19H,6-15H2,1H3,(H2,28,29,30,31);1-4,13,15,17H,5-12,14H2,(H2,29,30,31,32);1-4,13,15,17H,5-12,14H2,(H,27,34)(H2,28,29,30,31). The number of carbonyl (C=O) groups is 1. The number of piperazine rings is 2. The van der Waals surface area contributed by atoms with E-state index in [0.29, 0.717) is 77.5 Å². The first-order chi connectivity index (χ1) is 54.1. The van der Waals surface area contributed by atoms with Gasteiger partial charge in [-0.05, 0) is 113 Å². The van der Waals surface area contributed by atoms with Gasteiger partial charge in [-0.2, -0.15) is 19.3 Å². The molecule has 6 heterocycles. The van der Waals surface area contributed by atoms with Crippen molar-refractivity contribution < 1.29 is 90.5 Å². The quantitative estimate of drug-likeness (QED) is 0.0136. The van der Waals surface area contributed by atoms with Crippen LogP contribution in [-0.4, -0.2) is 206 Å². The van der Waals surface area contributed by atoms with E-state index in [1.807, 2.05) is 4.90 Å². The Morgan fingerprint density at radius 3 is 1.12 bits per heavy atom. The van der Waals surface area contributed by atoms with Gasteiger partial charge in [-0.1, -0.05) is 54.6 Å². The highest BCUT2D eigenvalue weighted by atomic mass is 32.2. The Labute approximate surface area is 647 Å². The lowest BCUT2D eigenvalue weighted by atomic mass is 9.85. The van der Waals surface area contributed by atoms with Crippen molar-refractivity contribution in [3.05, 3.63) is 138 Å². The summed E-state index contributed by atoms with van der Waals surface area (Å²) in [6.45, 7) is 5.59. The molecule has 0 unspecified atom stereocenters. The number of hydrogen-bond acceptors (Lipinski definition) is 27. The van der Waals surface area contributed by atoms with Crippen LogP contribution in [0.2, 0.25) is 0 Å². The Hall–Kier alpha value is -10.2. The van der Waals surface area contributed by atoms with Crippen LogP contribution in [-0.2, 0) is 34.5 Å². The van der Waals surface area contributed by atoms with Gasteiger partial charge < -0.3 is 51.4 Å². The minimum atomic E-state index is -4.85. The number of amides is 1. The van der Waals surface area contributed by atoms with Crippen LogP contribution in [0.15, 0.2) is 91.4 Å². The van der Waals surface area contributed by atoms with Gasteiger partial charge in [0.25, 0.3) is 5.92 Å². The fourth-order valence-electron chi connectivity index (χ4n) is 14.6. The Morgan fingerprint density at radius 1 is 0.482 bits per heavy atom. The number of sulfonamides is 1. The van der Waals surface area contributed by atoms with E-state index in [4.69, 9.17) is 0 Å². The lowest BCUT2D eigenvalue weighted by Crippen LogP contribution is -2.52. The van der Waals surface area contributed by atoms with Crippen LogP contribution < -0.4 is 51.4 Å². The molecular formula is C70H87F11N20O12S. The fraction of sp³-hybridized carbons (Fsp3) is 0.557. The highest BCUT2D eigenvalue weighted by Gasteiger charge is 2.42. The number of alkyl halides is 11. The number of halogens is 11. The minimum absolute atomic E-state index is 0.00594. The molecule has 0 atom stereocenters. The Balaban J connectivity index is 0.000000181. The van der Waals surface area contributed by atoms with E-state index >= 15 is 0 Å². The molecule has 3 saturated heterocycles. The topological polar surface area (TPSA) is 383 Å². The van der Waals surface area contributed by atoms with Gasteiger partial charge in [0, 0.05) is 126 Å². The van der Waals surface area contributed by atoms with E-state index < -0.39 is 49.8 Å². The second kappa shape index (κ2) is 38.7. The summed E-state index contributed by atoms with van der Waals surface area (Å²) in [4.78, 5) is 75.1. The fourth-order valence-corrected chi connectivity index (χ4v) is 15.5. The molecule has 6 aliphatic rings. The third kappa shape index (κ3) is 26.4. The number of aromatic nitrogens is 6. The number of nitrogens with one attached hydrogen (secondary N) is 7. The molecule has 0 radical (unpaired) electrons. The summed E-state index contributed by atoms with van der Waals surface area (Å²) in [6, 6.07) is 17.7. The van der Waals surface area contributed by atoms with Gasteiger partial charge in [0.05, 0.1) is 34.1 Å². The zero-order valence-electron chi connectivity index (χ0n) is 61.7. The SMILES string of the molecule is CS(=O)(=O)N1CCN(C2CCC(CNc3nc(NCc4ccccc4OC(F)(F)F)ncc3[N+](=O)[O-])CC2)CC1.O=C1CN(C2CCC(CNc3nc(NCc4ccccc4OC(F)(F)F)ncc3[N+](=O)[O-])CC2)CCN1.O=[N+]([O-])c1cnc(NCc2ccccc2OC(F)(F)F)nc1NCC1CCC(N2CCC(F)(F)C2)CC1. The van der Waals surface area contributed by atoms with Crippen LogP contribution in [0.25, 0.3) is 0 Å². The number of hydrogen-bond donors (Lipinski definition) is 7. The monoisotopic (exact) mass is 1640 g/mol. The Bertz CT molecular complexity index is 4340. The molecule has 44 heteroatoms. The summed E-state index contributed by atoms with van der Waals surface area (Å²) >= 11 is 0. The minimum Gasteiger partial charge on any atom is -0.405 e. The van der Waals surface area contributed by atoms with Crippen LogP contribution >= 0.6 is 0 Å². The summed E-state index contributed by atoms with van der Waals surface area (Å²) in [5.74, 6) is -2.83. The van der Waals surface area contributed by atoms with Crippen molar-refractivity contribution in [1.29, 1.82) is 0 Å². The molecule has 3 saturated carbocycles. The van der Waals surface area contributed by atoms with E-state index in [1.54, 1.807) is 18.2 Å². The van der Waals surface area contributed by atoms with Crippen molar-refractivity contribution in [1.82, 2.24) is 54.2 Å². The van der Waals surface area contributed by atoms with Crippen LogP contribution in [0.5, 0.6) is 17.2 Å². The summed E-state index contributed by atoms with van der Waals surface area (Å²) < 4.78 is 178. The molecule has 3 aromatic carbocycles. The molecule has 0 spiro atoms. The molecule has 32 nitrogen and oxygen atoms in total. The number of likely N-dealkylation sites (tertiary alicyclic amines) is 1. The van der Waals surface area contributed by atoms with Crippen molar-refractivity contribution in [3.8, 4) is 17.2 Å². The lowest BCUT2D eigenvalue weighted by molar-refractivity contribution is -0.384.